The maximum absolute atomic E-state index is 5.80. The molecule has 1 aromatic rings. The summed E-state index contributed by atoms with van der Waals surface area (Å²) in [5.74, 6) is 2.10. The summed E-state index contributed by atoms with van der Waals surface area (Å²) in [7, 11) is 0. The fraction of sp³-hybridized carbons (Fsp3) is 0.778. The van der Waals surface area contributed by atoms with Gasteiger partial charge in [0.2, 0.25) is 0 Å². The normalized spacial score (nSPS) is 26.7. The number of likely N-dealkylation sites (tertiary alicyclic amines) is 1. The van der Waals surface area contributed by atoms with Crippen LogP contribution in [0.3, 0.4) is 0 Å². The molecule has 1 aromatic heterocycles. The lowest BCUT2D eigenvalue weighted by atomic mass is 9.78. The van der Waals surface area contributed by atoms with Gasteiger partial charge in [-0.3, -0.25) is 4.90 Å². The van der Waals surface area contributed by atoms with Crippen molar-refractivity contribution in [3.05, 3.63) is 23.7 Å². The minimum atomic E-state index is 0.819. The van der Waals surface area contributed by atoms with Crippen molar-refractivity contribution < 1.29 is 4.42 Å². The molecule has 0 amide bonds. The molecule has 2 unspecified atom stereocenters. The van der Waals surface area contributed by atoms with E-state index in [4.69, 9.17) is 4.42 Å². The van der Waals surface area contributed by atoms with E-state index in [0.29, 0.717) is 0 Å². The Kier molecular flexibility index (Phi) is 5.37. The second-order valence-electron chi connectivity index (χ2n) is 6.82. The van der Waals surface area contributed by atoms with Gasteiger partial charge in [-0.05, 0) is 57.2 Å². The molecule has 1 N–H and O–H groups in total. The Balaban J connectivity index is 1.55. The van der Waals surface area contributed by atoms with Crippen molar-refractivity contribution in [2.75, 3.05) is 13.1 Å². The molecule has 0 aromatic carbocycles. The fourth-order valence-electron chi connectivity index (χ4n) is 4.14. The molecular formula is C18H30N2O. The topological polar surface area (TPSA) is 28.4 Å². The van der Waals surface area contributed by atoms with Gasteiger partial charge in [-0.2, -0.15) is 0 Å². The van der Waals surface area contributed by atoms with Crippen LogP contribution in [0.4, 0.5) is 0 Å². The van der Waals surface area contributed by atoms with Gasteiger partial charge in [0, 0.05) is 18.2 Å². The van der Waals surface area contributed by atoms with Crippen LogP contribution in [-0.4, -0.2) is 24.0 Å². The molecule has 2 atom stereocenters. The molecular weight excluding hydrogens is 260 g/mol. The minimum Gasteiger partial charge on any atom is -0.468 e. The third-order valence-corrected chi connectivity index (χ3v) is 5.18. The second kappa shape index (κ2) is 7.46. The van der Waals surface area contributed by atoms with Gasteiger partial charge in [0.1, 0.15) is 5.76 Å². The molecule has 1 aliphatic heterocycles. The van der Waals surface area contributed by atoms with Crippen molar-refractivity contribution in [2.45, 2.75) is 71.0 Å². The summed E-state index contributed by atoms with van der Waals surface area (Å²) >= 11 is 0. The molecule has 2 aliphatic rings. The lowest BCUT2D eigenvalue weighted by Gasteiger charge is -2.43. The average molecular weight is 290 g/mol. The summed E-state index contributed by atoms with van der Waals surface area (Å²) in [4.78, 5) is 2.69. The number of hydrogen-bond donors (Lipinski definition) is 1. The summed E-state index contributed by atoms with van der Waals surface area (Å²) < 4.78 is 5.80. The number of piperidine rings is 1. The quantitative estimate of drug-likeness (QED) is 0.805. The van der Waals surface area contributed by atoms with Crippen LogP contribution in [0.15, 0.2) is 16.7 Å². The zero-order valence-corrected chi connectivity index (χ0v) is 13.4. The van der Waals surface area contributed by atoms with Crippen molar-refractivity contribution in [3.8, 4) is 0 Å². The van der Waals surface area contributed by atoms with E-state index >= 15 is 0 Å². The Morgan fingerprint density at radius 2 is 2.10 bits per heavy atom. The number of nitrogens with zero attached hydrogens (tertiary/aromatic N) is 1. The van der Waals surface area contributed by atoms with Gasteiger partial charge in [0.05, 0.1) is 12.8 Å². The second-order valence-corrected chi connectivity index (χ2v) is 6.82. The molecule has 3 heteroatoms. The molecule has 1 aliphatic carbocycles. The van der Waals surface area contributed by atoms with Crippen LogP contribution < -0.4 is 5.32 Å². The highest BCUT2D eigenvalue weighted by Crippen LogP contribution is 2.36. The third kappa shape index (κ3) is 3.89. The van der Waals surface area contributed by atoms with E-state index in [1.165, 1.54) is 57.1 Å². The minimum absolute atomic E-state index is 0.819. The van der Waals surface area contributed by atoms with Crippen LogP contribution in [0.5, 0.6) is 0 Å². The van der Waals surface area contributed by atoms with E-state index in [1.54, 1.807) is 0 Å². The predicted molar refractivity (Wildman–Crippen MR) is 86.1 cm³/mol. The smallest absolute Gasteiger partial charge is 0.118 e. The lowest BCUT2D eigenvalue weighted by molar-refractivity contribution is 0.0495. The number of furan rings is 1. The summed E-state index contributed by atoms with van der Waals surface area (Å²) in [6.45, 7) is 6.48. The highest BCUT2D eigenvalue weighted by Gasteiger charge is 2.33. The monoisotopic (exact) mass is 290 g/mol. The number of rotatable bonds is 6. The molecule has 0 spiro atoms. The molecule has 1 saturated heterocycles. The number of hydrogen-bond acceptors (Lipinski definition) is 3. The maximum Gasteiger partial charge on any atom is 0.118 e. The van der Waals surface area contributed by atoms with Gasteiger partial charge < -0.3 is 9.73 Å². The molecule has 2 fully saturated rings. The molecule has 118 valence electrons. The van der Waals surface area contributed by atoms with Crippen LogP contribution in [-0.2, 0) is 13.1 Å². The zero-order valence-electron chi connectivity index (χ0n) is 13.4. The number of fused-ring (bicyclic) bond motifs is 1. The SMILES string of the molecule is CCCNCc1coc(CN2CCCC3CCCCC32)c1. The first kappa shape index (κ1) is 15.1. The van der Waals surface area contributed by atoms with E-state index in [1.807, 2.05) is 6.26 Å². The van der Waals surface area contributed by atoms with Crippen molar-refractivity contribution in [1.29, 1.82) is 0 Å². The van der Waals surface area contributed by atoms with Crippen LogP contribution in [0.25, 0.3) is 0 Å². The summed E-state index contributed by atoms with van der Waals surface area (Å²) in [6.07, 6.45) is 11.6. The standard InChI is InChI=1S/C18H30N2O/c1-2-9-19-12-15-11-17(21-14-15)13-20-10-5-7-16-6-3-4-8-18(16)20/h11,14,16,18-19H,2-10,12-13H2,1H3. The summed E-state index contributed by atoms with van der Waals surface area (Å²) in [6, 6.07) is 3.06. The van der Waals surface area contributed by atoms with E-state index in [-0.39, 0.29) is 0 Å². The molecule has 0 bridgehead atoms. The van der Waals surface area contributed by atoms with Gasteiger partial charge in [-0.25, -0.2) is 0 Å². The maximum atomic E-state index is 5.80. The van der Waals surface area contributed by atoms with Gasteiger partial charge in [-0.1, -0.05) is 19.8 Å². The van der Waals surface area contributed by atoms with Crippen molar-refractivity contribution in [1.82, 2.24) is 10.2 Å². The zero-order chi connectivity index (χ0) is 14.5. The first-order valence-corrected chi connectivity index (χ1v) is 8.88. The van der Waals surface area contributed by atoms with Crippen molar-refractivity contribution in [3.63, 3.8) is 0 Å². The highest BCUT2D eigenvalue weighted by atomic mass is 16.3. The molecule has 21 heavy (non-hydrogen) atoms. The van der Waals surface area contributed by atoms with Gasteiger partial charge in [0.15, 0.2) is 0 Å². The van der Waals surface area contributed by atoms with Crippen LogP contribution in [0.2, 0.25) is 0 Å². The average Bonchev–Trinajstić information content (AvgIpc) is 2.96. The van der Waals surface area contributed by atoms with E-state index in [0.717, 1.165) is 37.4 Å². The van der Waals surface area contributed by atoms with Crippen molar-refractivity contribution >= 4 is 0 Å². The van der Waals surface area contributed by atoms with Gasteiger partial charge in [0.25, 0.3) is 0 Å². The van der Waals surface area contributed by atoms with E-state index < -0.39 is 0 Å². The van der Waals surface area contributed by atoms with Gasteiger partial charge in [-0.15, -0.1) is 0 Å². The van der Waals surface area contributed by atoms with Crippen molar-refractivity contribution in [2.24, 2.45) is 5.92 Å². The number of nitrogens with one attached hydrogen (secondary N) is 1. The fourth-order valence-corrected chi connectivity index (χ4v) is 4.14. The molecule has 1 saturated carbocycles. The Labute approximate surface area is 129 Å². The third-order valence-electron chi connectivity index (χ3n) is 5.18. The molecule has 0 radical (unpaired) electrons. The van der Waals surface area contributed by atoms with E-state index in [9.17, 15) is 0 Å². The highest BCUT2D eigenvalue weighted by molar-refractivity contribution is 5.13. The van der Waals surface area contributed by atoms with Crippen LogP contribution in [0.1, 0.15) is 63.2 Å². The first-order chi connectivity index (χ1) is 10.4. The van der Waals surface area contributed by atoms with Crippen LogP contribution >= 0.6 is 0 Å². The predicted octanol–water partition coefficient (Wildman–Crippen LogP) is 3.93. The Morgan fingerprint density at radius 3 is 3.00 bits per heavy atom. The Morgan fingerprint density at radius 1 is 1.24 bits per heavy atom. The van der Waals surface area contributed by atoms with Gasteiger partial charge >= 0.3 is 0 Å². The summed E-state index contributed by atoms with van der Waals surface area (Å²) in [5, 5.41) is 3.44. The summed E-state index contributed by atoms with van der Waals surface area (Å²) in [5.41, 5.74) is 1.29. The lowest BCUT2D eigenvalue weighted by Crippen LogP contribution is -2.46. The molecule has 3 rings (SSSR count). The largest absolute Gasteiger partial charge is 0.468 e. The first-order valence-electron chi connectivity index (χ1n) is 8.88. The Bertz CT molecular complexity index is 427. The van der Waals surface area contributed by atoms with Crippen LogP contribution in [0, 0.1) is 5.92 Å². The van der Waals surface area contributed by atoms with E-state index in [2.05, 4.69) is 23.2 Å². The molecule has 3 nitrogen and oxygen atoms in total. The Hall–Kier alpha value is -0.800. The molecule has 2 heterocycles.